The Morgan fingerprint density at radius 2 is 1.62 bits per heavy atom. The maximum Gasteiger partial charge on any atom is 0.108 e. The Balaban J connectivity index is 1.33. The maximum atomic E-state index is 12.3. The lowest BCUT2D eigenvalue weighted by Crippen LogP contribution is -2.59. The molecule has 0 radical (unpaired) electrons. The number of hydrogen-bond donors (Lipinski definition) is 3. The Morgan fingerprint density at radius 3 is 2.30 bits per heavy atom. The van der Waals surface area contributed by atoms with Gasteiger partial charge in [-0.2, -0.15) is 0 Å². The van der Waals surface area contributed by atoms with Crippen LogP contribution in [0.3, 0.4) is 0 Å². The number of aliphatic hydroxyl groups is 3. The highest BCUT2D eigenvalue weighted by Crippen LogP contribution is 2.89. The molecule has 6 aliphatic rings. The van der Waals surface area contributed by atoms with Crippen LogP contribution >= 0.6 is 0 Å². The van der Waals surface area contributed by atoms with Crippen LogP contribution in [0.25, 0.3) is 0 Å². The molecule has 5 saturated carbocycles. The molecule has 4 unspecified atom stereocenters. The lowest BCUT2D eigenvalue weighted by Gasteiger charge is -2.63. The van der Waals surface area contributed by atoms with Crippen molar-refractivity contribution in [3.05, 3.63) is 0 Å². The first kappa shape index (κ1) is 27.0. The van der Waals surface area contributed by atoms with Crippen molar-refractivity contribution >= 4 is 0 Å². The Labute approximate surface area is 225 Å². The van der Waals surface area contributed by atoms with Gasteiger partial charge < -0.3 is 24.8 Å². The summed E-state index contributed by atoms with van der Waals surface area (Å²) in [4.78, 5) is 0. The van der Waals surface area contributed by atoms with Gasteiger partial charge in [-0.25, -0.2) is 0 Å². The molecule has 5 aliphatic carbocycles. The van der Waals surface area contributed by atoms with Crippen LogP contribution in [0.2, 0.25) is 0 Å². The van der Waals surface area contributed by atoms with Crippen molar-refractivity contribution in [2.75, 3.05) is 6.61 Å². The molecule has 212 valence electrons. The number of rotatable bonds is 4. The van der Waals surface area contributed by atoms with Crippen molar-refractivity contribution in [3.63, 3.8) is 0 Å². The van der Waals surface area contributed by atoms with Gasteiger partial charge in [0, 0.05) is 12.0 Å². The highest BCUT2D eigenvalue weighted by atomic mass is 16.5. The van der Waals surface area contributed by atoms with E-state index in [2.05, 4.69) is 34.6 Å². The summed E-state index contributed by atoms with van der Waals surface area (Å²) < 4.78 is 12.7. The second kappa shape index (κ2) is 7.96. The molecule has 37 heavy (non-hydrogen) atoms. The fraction of sp³-hybridized carbons (Fsp3) is 1.00. The van der Waals surface area contributed by atoms with Crippen molar-refractivity contribution in [1.29, 1.82) is 0 Å². The van der Waals surface area contributed by atoms with Crippen LogP contribution < -0.4 is 0 Å². The molecule has 13 atom stereocenters. The minimum atomic E-state index is -0.726. The number of fused-ring (bicyclic) bond motifs is 4. The largest absolute Gasteiger partial charge is 0.393 e. The molecule has 0 aromatic carbocycles. The summed E-state index contributed by atoms with van der Waals surface area (Å²) in [7, 11) is 0. The monoisotopic (exact) mass is 518 g/mol. The fourth-order valence-corrected chi connectivity index (χ4v) is 12.4. The van der Waals surface area contributed by atoms with E-state index in [1.165, 1.54) is 19.3 Å². The molecule has 6 fully saturated rings. The van der Waals surface area contributed by atoms with Crippen LogP contribution in [0, 0.1) is 50.7 Å². The standard InChI is InChI=1S/C32H54O5/c1-9-36-28(5,6)25(34)19-16-18(2)23-24(37-19)26(35)30(8)21-11-10-20-27(3,4)22(33)12-13-31(20)17-32(21,31)15-14-29(23,30)7/h18-26,33-35H,9-17H2,1-8H3/t18-,19?,20+,21+,22?,23?,24?,25-,26+,29-,30-,31-,32+/m1/s1. The summed E-state index contributed by atoms with van der Waals surface area (Å²) in [6.07, 6.45) is 6.93. The lowest BCUT2D eigenvalue weighted by molar-refractivity contribution is -0.211. The summed E-state index contributed by atoms with van der Waals surface area (Å²) in [5.74, 6) is 1.77. The fourth-order valence-electron chi connectivity index (χ4n) is 12.4. The maximum absolute atomic E-state index is 12.3. The second-order valence-corrected chi connectivity index (χ2v) is 16.1. The van der Waals surface area contributed by atoms with E-state index in [1.807, 2.05) is 20.8 Å². The van der Waals surface area contributed by atoms with Gasteiger partial charge in [-0.3, -0.25) is 0 Å². The zero-order valence-electron chi connectivity index (χ0n) is 24.7. The van der Waals surface area contributed by atoms with E-state index in [0.29, 0.717) is 41.1 Å². The second-order valence-electron chi connectivity index (χ2n) is 16.1. The van der Waals surface area contributed by atoms with E-state index in [-0.39, 0.29) is 34.6 Å². The zero-order valence-corrected chi connectivity index (χ0v) is 24.7. The molecule has 6 rings (SSSR count). The molecule has 1 saturated heterocycles. The summed E-state index contributed by atoms with van der Waals surface area (Å²) in [6.45, 7) is 18.3. The summed E-state index contributed by atoms with van der Waals surface area (Å²) in [5, 5.41) is 34.6. The van der Waals surface area contributed by atoms with E-state index < -0.39 is 17.8 Å². The predicted octanol–water partition coefficient (Wildman–Crippen LogP) is 5.34. The average Bonchev–Trinajstić information content (AvgIpc) is 3.46. The zero-order chi connectivity index (χ0) is 27.0. The minimum absolute atomic E-state index is 0.0228. The van der Waals surface area contributed by atoms with Gasteiger partial charge >= 0.3 is 0 Å². The Kier molecular flexibility index (Phi) is 5.81. The first-order chi connectivity index (χ1) is 17.1. The molecule has 2 spiro atoms. The molecule has 1 aliphatic heterocycles. The molecular weight excluding hydrogens is 464 g/mol. The van der Waals surface area contributed by atoms with Crippen molar-refractivity contribution in [2.24, 2.45) is 50.7 Å². The van der Waals surface area contributed by atoms with Gasteiger partial charge in [0.15, 0.2) is 0 Å². The van der Waals surface area contributed by atoms with E-state index in [1.54, 1.807) is 0 Å². The Morgan fingerprint density at radius 1 is 0.973 bits per heavy atom. The highest BCUT2D eigenvalue weighted by Gasteiger charge is 2.84. The quantitative estimate of drug-likeness (QED) is 0.468. The Hall–Kier alpha value is -0.200. The predicted molar refractivity (Wildman–Crippen MR) is 144 cm³/mol. The van der Waals surface area contributed by atoms with Crippen LogP contribution in [0.1, 0.15) is 107 Å². The van der Waals surface area contributed by atoms with Crippen molar-refractivity contribution in [2.45, 2.75) is 143 Å². The molecular formula is C32H54O5. The van der Waals surface area contributed by atoms with E-state index in [9.17, 15) is 15.3 Å². The number of hydrogen-bond acceptors (Lipinski definition) is 5. The topological polar surface area (TPSA) is 79.2 Å². The van der Waals surface area contributed by atoms with Crippen LogP contribution in [0.5, 0.6) is 0 Å². The SMILES string of the molecule is CCOC(C)(C)[C@H](O)C1C[C@@H](C)C2C(O1)[C@H](O)[C@@]1(C)[C@@H]3CC[C@H]4C(C)(C)C(O)CC[C@@]45C[C@@]35CC[C@]21C. The smallest absolute Gasteiger partial charge is 0.108 e. The van der Waals surface area contributed by atoms with Gasteiger partial charge in [-0.1, -0.05) is 34.6 Å². The van der Waals surface area contributed by atoms with Gasteiger partial charge in [0.1, 0.15) is 6.10 Å². The van der Waals surface area contributed by atoms with Crippen LogP contribution in [-0.4, -0.2) is 58.0 Å². The minimum Gasteiger partial charge on any atom is -0.393 e. The summed E-state index contributed by atoms with van der Waals surface area (Å²) in [6, 6.07) is 0. The van der Waals surface area contributed by atoms with Gasteiger partial charge in [0.05, 0.1) is 30.0 Å². The highest BCUT2D eigenvalue weighted by molar-refractivity contribution is 5.32. The molecule has 0 aromatic heterocycles. The third kappa shape index (κ3) is 3.05. The normalized spacial score (nSPS) is 56.8. The van der Waals surface area contributed by atoms with Gasteiger partial charge in [0.25, 0.3) is 0 Å². The lowest BCUT2D eigenvalue weighted by atomic mass is 9.41. The molecule has 5 heteroatoms. The van der Waals surface area contributed by atoms with Gasteiger partial charge in [-0.05, 0) is 117 Å². The van der Waals surface area contributed by atoms with Crippen molar-refractivity contribution < 1.29 is 24.8 Å². The Bertz CT molecular complexity index is 932. The van der Waals surface area contributed by atoms with Crippen molar-refractivity contribution in [3.8, 4) is 0 Å². The molecule has 0 bridgehead atoms. The third-order valence-corrected chi connectivity index (χ3v) is 14.4. The van der Waals surface area contributed by atoms with Crippen molar-refractivity contribution in [1.82, 2.24) is 0 Å². The van der Waals surface area contributed by atoms with Gasteiger partial charge in [-0.15, -0.1) is 0 Å². The van der Waals surface area contributed by atoms with E-state index >= 15 is 0 Å². The summed E-state index contributed by atoms with van der Waals surface area (Å²) in [5.41, 5.74) is -0.211. The molecule has 0 amide bonds. The first-order valence-electron chi connectivity index (χ1n) is 15.5. The molecule has 5 nitrogen and oxygen atoms in total. The first-order valence-corrected chi connectivity index (χ1v) is 15.5. The molecule has 3 N–H and O–H groups in total. The summed E-state index contributed by atoms with van der Waals surface area (Å²) >= 11 is 0. The van der Waals surface area contributed by atoms with E-state index in [0.717, 1.165) is 32.1 Å². The third-order valence-electron chi connectivity index (χ3n) is 14.4. The van der Waals surface area contributed by atoms with Gasteiger partial charge in [0.2, 0.25) is 0 Å². The number of ether oxygens (including phenoxy) is 2. The molecule has 1 heterocycles. The van der Waals surface area contributed by atoms with Crippen LogP contribution in [0.4, 0.5) is 0 Å². The average molecular weight is 519 g/mol. The van der Waals surface area contributed by atoms with Crippen LogP contribution in [0.15, 0.2) is 0 Å². The van der Waals surface area contributed by atoms with Crippen LogP contribution in [-0.2, 0) is 9.47 Å². The van der Waals surface area contributed by atoms with E-state index in [4.69, 9.17) is 9.47 Å². The number of aliphatic hydroxyl groups excluding tert-OH is 3. The molecule has 0 aromatic rings.